The maximum atomic E-state index is 14.1. The van der Waals surface area contributed by atoms with Gasteiger partial charge in [0.1, 0.15) is 11.4 Å². The number of rotatable bonds is 5. The molecule has 2 spiro atoms. The number of hydrogen-bond acceptors (Lipinski definition) is 6. The van der Waals surface area contributed by atoms with Crippen LogP contribution >= 0.6 is 22.6 Å². The molecule has 5 aliphatic carbocycles. The number of halogens is 1. The highest BCUT2D eigenvalue weighted by Gasteiger charge is 2.87. The van der Waals surface area contributed by atoms with Gasteiger partial charge in [-0.15, -0.1) is 0 Å². The minimum absolute atomic E-state index is 0.00543. The Morgan fingerprint density at radius 3 is 2.62 bits per heavy atom. The van der Waals surface area contributed by atoms with Crippen molar-refractivity contribution in [2.45, 2.75) is 88.9 Å². The average molecular weight is 585 g/mol. The number of epoxide rings is 1. The van der Waals surface area contributed by atoms with Crippen molar-refractivity contribution < 1.29 is 29.3 Å². The number of aliphatic hydroxyl groups is 2. The van der Waals surface area contributed by atoms with E-state index in [0.29, 0.717) is 38.1 Å². The highest BCUT2D eigenvalue weighted by molar-refractivity contribution is 14.1. The van der Waals surface area contributed by atoms with Crippen LogP contribution in [0.1, 0.15) is 71.1 Å². The van der Waals surface area contributed by atoms with Gasteiger partial charge in [-0.2, -0.15) is 0 Å². The molecular weight excluding hydrogens is 549 g/mol. The zero-order valence-electron chi connectivity index (χ0n) is 19.9. The van der Waals surface area contributed by atoms with E-state index in [-0.39, 0.29) is 40.5 Å². The molecule has 0 radical (unpaired) electrons. The Balaban J connectivity index is 1.43. The molecule has 6 aliphatic rings. The standard InChI is InChI=1S/C26H36INO6/c1-23(22(27)33)16(30)9-18-26(34-18)15-7-8-24(13-29)12-25(15,10-17(24)31)19(20(23)26)21(32)28-11-14-5-3-2-4-6-14/h14-16,18-20,29-30H,2-13H2,1H3,(H,28,32)/t15-,16+,18-,19-,20-,23-,24+,25-,26-/m1/s1. The number of Topliss-reactive ketones (excluding diaryl/α,β-unsaturated/α-hetero) is 1. The van der Waals surface area contributed by atoms with Crippen LogP contribution in [0.15, 0.2) is 0 Å². The van der Waals surface area contributed by atoms with Gasteiger partial charge in [0.2, 0.25) is 9.70 Å². The number of fused-ring (bicyclic) bond motifs is 1. The van der Waals surface area contributed by atoms with E-state index in [2.05, 4.69) is 5.32 Å². The van der Waals surface area contributed by atoms with Crippen LogP contribution in [0.5, 0.6) is 0 Å². The molecule has 9 atom stereocenters. The van der Waals surface area contributed by atoms with E-state index in [1.165, 1.54) is 19.3 Å². The van der Waals surface area contributed by atoms with Crippen molar-refractivity contribution in [3.63, 3.8) is 0 Å². The van der Waals surface area contributed by atoms with Crippen molar-refractivity contribution >= 4 is 38.1 Å². The molecule has 5 saturated carbocycles. The molecule has 3 N–H and O–H groups in total. The highest BCUT2D eigenvalue weighted by Crippen LogP contribution is 2.80. The minimum atomic E-state index is -1.11. The van der Waals surface area contributed by atoms with Gasteiger partial charge < -0.3 is 20.3 Å². The third-order valence-electron chi connectivity index (χ3n) is 11.2. The zero-order valence-corrected chi connectivity index (χ0v) is 22.0. The number of ketones is 1. The van der Waals surface area contributed by atoms with Gasteiger partial charge >= 0.3 is 0 Å². The summed E-state index contributed by atoms with van der Waals surface area (Å²) in [4.78, 5) is 40.6. The summed E-state index contributed by atoms with van der Waals surface area (Å²) in [5, 5.41) is 24.7. The average Bonchev–Trinajstić information content (AvgIpc) is 3.40. The Kier molecular flexibility index (Phi) is 5.40. The number of ether oxygens (including phenoxy) is 1. The lowest BCUT2D eigenvalue weighted by molar-refractivity contribution is -0.143. The fourth-order valence-corrected chi connectivity index (χ4v) is 10.2. The Labute approximate surface area is 214 Å². The van der Waals surface area contributed by atoms with Gasteiger partial charge in [0.05, 0.1) is 35.6 Å². The fourth-order valence-electron chi connectivity index (χ4n) is 9.51. The van der Waals surface area contributed by atoms with Crippen LogP contribution in [0.4, 0.5) is 0 Å². The van der Waals surface area contributed by atoms with Crippen LogP contribution in [0.25, 0.3) is 0 Å². The predicted octanol–water partition coefficient (Wildman–Crippen LogP) is 2.54. The second-order valence-corrected chi connectivity index (χ2v) is 13.5. The SMILES string of the molecule is C[C@]1(C(=O)I)[C@H]2[C@H](C(=O)NCC3CCCCC3)[C@@]34CC(=O)[C@@](CO)(CC[C@H]3[C@]23O[C@@H]3C[C@@H]1O)C4. The van der Waals surface area contributed by atoms with Gasteiger partial charge in [-0.25, -0.2) is 0 Å². The number of aliphatic hydroxyl groups excluding tert-OH is 2. The first kappa shape index (κ1) is 23.8. The van der Waals surface area contributed by atoms with Crippen LogP contribution in [0, 0.1) is 39.9 Å². The second kappa shape index (κ2) is 7.71. The van der Waals surface area contributed by atoms with Crippen LogP contribution in [-0.4, -0.2) is 56.7 Å². The van der Waals surface area contributed by atoms with Crippen LogP contribution < -0.4 is 5.32 Å². The molecule has 1 aliphatic heterocycles. The Bertz CT molecular complexity index is 936. The van der Waals surface area contributed by atoms with Crippen molar-refractivity contribution in [2.75, 3.05) is 13.2 Å². The highest BCUT2D eigenvalue weighted by atomic mass is 127. The van der Waals surface area contributed by atoms with Gasteiger partial charge in [-0.1, -0.05) is 19.3 Å². The molecule has 0 aromatic heterocycles. The number of amides is 1. The third-order valence-corrected chi connectivity index (χ3v) is 12.4. The Hall–Kier alpha value is -0.580. The molecular formula is C26H36INO6. The lowest BCUT2D eigenvalue weighted by Crippen LogP contribution is -2.57. The predicted molar refractivity (Wildman–Crippen MR) is 131 cm³/mol. The van der Waals surface area contributed by atoms with Crippen LogP contribution in [0.3, 0.4) is 0 Å². The van der Waals surface area contributed by atoms with Gasteiger partial charge in [-0.3, -0.25) is 14.4 Å². The van der Waals surface area contributed by atoms with Gasteiger partial charge in [0, 0.05) is 47.9 Å². The van der Waals surface area contributed by atoms with E-state index in [0.717, 1.165) is 12.8 Å². The molecule has 2 bridgehead atoms. The van der Waals surface area contributed by atoms with Crippen LogP contribution in [-0.2, 0) is 19.1 Å². The Morgan fingerprint density at radius 1 is 1.21 bits per heavy atom. The number of carbonyl (C=O) groups excluding carboxylic acids is 3. The van der Waals surface area contributed by atoms with Crippen molar-refractivity contribution in [3.05, 3.63) is 0 Å². The second-order valence-electron chi connectivity index (χ2n) is 12.5. The Morgan fingerprint density at radius 2 is 1.94 bits per heavy atom. The molecule has 1 amide bonds. The fraction of sp³-hybridized carbons (Fsp3) is 0.885. The largest absolute Gasteiger partial charge is 0.395 e. The summed E-state index contributed by atoms with van der Waals surface area (Å²) >= 11 is 1.79. The van der Waals surface area contributed by atoms with Gasteiger partial charge in [-0.05, 0) is 56.3 Å². The molecule has 0 aromatic rings. The van der Waals surface area contributed by atoms with Crippen LogP contribution in [0.2, 0.25) is 0 Å². The minimum Gasteiger partial charge on any atom is -0.395 e. The first-order chi connectivity index (χ1) is 16.2. The van der Waals surface area contributed by atoms with Crippen molar-refractivity contribution in [1.29, 1.82) is 0 Å². The summed E-state index contributed by atoms with van der Waals surface area (Å²) in [7, 11) is 0. The van der Waals surface area contributed by atoms with Gasteiger partial charge in [0.25, 0.3) is 0 Å². The first-order valence-electron chi connectivity index (χ1n) is 13.1. The summed E-state index contributed by atoms with van der Waals surface area (Å²) < 4.78 is 6.28. The number of carbonyl (C=O) groups is 3. The maximum absolute atomic E-state index is 14.1. The molecule has 188 valence electrons. The molecule has 6 rings (SSSR count). The van der Waals surface area contributed by atoms with E-state index >= 15 is 0 Å². The smallest absolute Gasteiger partial charge is 0.224 e. The summed E-state index contributed by atoms with van der Waals surface area (Å²) in [5.41, 5.74) is -3.14. The molecule has 1 heterocycles. The number of nitrogens with one attached hydrogen (secondary N) is 1. The van der Waals surface area contributed by atoms with Gasteiger partial charge in [0.15, 0.2) is 0 Å². The third kappa shape index (κ3) is 2.83. The molecule has 7 nitrogen and oxygen atoms in total. The van der Waals surface area contributed by atoms with E-state index < -0.39 is 39.8 Å². The van der Waals surface area contributed by atoms with Crippen molar-refractivity contribution in [3.8, 4) is 0 Å². The van der Waals surface area contributed by atoms with E-state index in [9.17, 15) is 24.6 Å². The normalized spacial score (nSPS) is 51.4. The van der Waals surface area contributed by atoms with E-state index in [1.807, 2.05) is 6.92 Å². The molecule has 0 unspecified atom stereocenters. The molecule has 8 heteroatoms. The van der Waals surface area contributed by atoms with Crippen molar-refractivity contribution in [2.24, 2.45) is 39.9 Å². The van der Waals surface area contributed by atoms with Crippen molar-refractivity contribution in [1.82, 2.24) is 5.32 Å². The molecule has 1 saturated heterocycles. The quantitative estimate of drug-likeness (QED) is 0.260. The van der Waals surface area contributed by atoms with E-state index in [4.69, 9.17) is 4.74 Å². The van der Waals surface area contributed by atoms with E-state index in [1.54, 1.807) is 22.6 Å². The summed E-state index contributed by atoms with van der Waals surface area (Å²) in [5.74, 6) is -0.619. The zero-order chi connectivity index (χ0) is 24.1. The monoisotopic (exact) mass is 585 g/mol. The first-order valence-corrected chi connectivity index (χ1v) is 14.2. The maximum Gasteiger partial charge on any atom is 0.224 e. The summed E-state index contributed by atoms with van der Waals surface area (Å²) in [6, 6.07) is 0. The summed E-state index contributed by atoms with van der Waals surface area (Å²) in [6.45, 7) is 2.24. The molecule has 6 fully saturated rings. The molecule has 34 heavy (non-hydrogen) atoms. The lowest BCUT2D eigenvalue weighted by atomic mass is 9.58. The number of hydrogen-bond donors (Lipinski definition) is 3. The topological polar surface area (TPSA) is 116 Å². The molecule has 0 aromatic carbocycles. The lowest BCUT2D eigenvalue weighted by Gasteiger charge is -2.45. The summed E-state index contributed by atoms with van der Waals surface area (Å²) in [6.07, 6.45) is 7.27.